The maximum atomic E-state index is 11.8. The molecule has 0 aromatic heterocycles. The number of nitrogens with zero attached hydrogens (tertiary/aromatic N) is 1. The molecule has 0 radical (unpaired) electrons. The first kappa shape index (κ1) is 11.9. The summed E-state index contributed by atoms with van der Waals surface area (Å²) in [6, 6.07) is 5.36. The zero-order valence-electron chi connectivity index (χ0n) is 9.47. The highest BCUT2D eigenvalue weighted by Crippen LogP contribution is 2.29. The average Bonchev–Trinajstić information content (AvgIpc) is 2.32. The highest BCUT2D eigenvalue weighted by Gasteiger charge is 2.25. The van der Waals surface area contributed by atoms with E-state index >= 15 is 0 Å². The molecule has 0 fully saturated rings. The van der Waals surface area contributed by atoms with Gasteiger partial charge in [-0.2, -0.15) is 0 Å². The Morgan fingerprint density at radius 1 is 1.41 bits per heavy atom. The minimum atomic E-state index is -0.914. The van der Waals surface area contributed by atoms with E-state index in [0.29, 0.717) is 18.5 Å². The number of hydrogen-bond donors (Lipinski definition) is 3. The first-order valence-corrected chi connectivity index (χ1v) is 5.59. The molecule has 1 aliphatic heterocycles. The van der Waals surface area contributed by atoms with Gasteiger partial charge >= 0.3 is 0 Å². The number of benzene rings is 1. The highest BCUT2D eigenvalue weighted by atomic mass is 16.3. The molecular formula is C12H16N2O3. The minimum Gasteiger partial charge on any atom is -0.399 e. The van der Waals surface area contributed by atoms with Gasteiger partial charge in [-0.05, 0) is 30.2 Å². The molecule has 17 heavy (non-hydrogen) atoms. The summed E-state index contributed by atoms with van der Waals surface area (Å²) in [7, 11) is 0. The molecule has 5 heteroatoms. The van der Waals surface area contributed by atoms with Gasteiger partial charge in [0.05, 0.1) is 19.3 Å². The van der Waals surface area contributed by atoms with Crippen LogP contribution in [-0.4, -0.2) is 35.4 Å². The Labute approximate surface area is 99.5 Å². The van der Waals surface area contributed by atoms with Crippen molar-refractivity contribution < 1.29 is 15.0 Å². The molecule has 0 aliphatic carbocycles. The number of β-amino-alcohol motifs (C(OH)–C–C–N with tert-alkyl or cyclic N) is 1. The van der Waals surface area contributed by atoms with Crippen molar-refractivity contribution >= 4 is 17.3 Å². The molecule has 92 valence electrons. The van der Waals surface area contributed by atoms with E-state index in [2.05, 4.69) is 0 Å². The molecule has 0 saturated carbocycles. The van der Waals surface area contributed by atoms with Crippen LogP contribution < -0.4 is 10.6 Å². The molecule has 1 unspecified atom stereocenters. The molecule has 4 N–H and O–H groups in total. The van der Waals surface area contributed by atoms with Gasteiger partial charge in [0.25, 0.3) is 0 Å². The smallest absolute Gasteiger partial charge is 0.227 e. The molecule has 1 atom stereocenters. The van der Waals surface area contributed by atoms with Crippen molar-refractivity contribution in [3.8, 4) is 0 Å². The number of anilines is 2. The normalized spacial score (nSPS) is 16.8. The summed E-state index contributed by atoms with van der Waals surface area (Å²) >= 11 is 0. The fourth-order valence-electron chi connectivity index (χ4n) is 2.05. The van der Waals surface area contributed by atoms with E-state index in [1.54, 1.807) is 12.1 Å². The second-order valence-electron chi connectivity index (χ2n) is 4.23. The van der Waals surface area contributed by atoms with Gasteiger partial charge in [0.1, 0.15) is 0 Å². The number of nitrogens with two attached hydrogens (primary N) is 1. The van der Waals surface area contributed by atoms with E-state index in [1.165, 1.54) is 4.90 Å². The van der Waals surface area contributed by atoms with Crippen LogP contribution >= 0.6 is 0 Å². The van der Waals surface area contributed by atoms with E-state index < -0.39 is 6.10 Å². The molecule has 0 bridgehead atoms. The van der Waals surface area contributed by atoms with Gasteiger partial charge in [-0.25, -0.2) is 0 Å². The molecule has 0 saturated heterocycles. The Balaban J connectivity index is 2.30. The number of carbonyl (C=O) groups excluding carboxylic acids is 1. The van der Waals surface area contributed by atoms with Crippen LogP contribution in [0.1, 0.15) is 12.0 Å². The van der Waals surface area contributed by atoms with Crippen molar-refractivity contribution in [1.82, 2.24) is 0 Å². The van der Waals surface area contributed by atoms with Crippen molar-refractivity contribution in [2.75, 3.05) is 23.8 Å². The number of nitrogen functional groups attached to an aromatic ring is 1. The van der Waals surface area contributed by atoms with E-state index in [4.69, 9.17) is 10.8 Å². The fourth-order valence-corrected chi connectivity index (χ4v) is 2.05. The molecule has 1 aromatic rings. The van der Waals surface area contributed by atoms with Crippen LogP contribution in [-0.2, 0) is 11.2 Å². The standard InChI is InChI=1S/C12H16N2O3/c13-9-2-3-11-8(5-9)1-4-12(17)14(11)6-10(16)7-15/h2-3,5,10,15-16H,1,4,6-7,13H2. The van der Waals surface area contributed by atoms with E-state index in [-0.39, 0.29) is 19.1 Å². The number of carbonyl (C=O) groups is 1. The van der Waals surface area contributed by atoms with E-state index in [9.17, 15) is 9.90 Å². The predicted molar refractivity (Wildman–Crippen MR) is 64.6 cm³/mol. The second kappa shape index (κ2) is 4.73. The molecule has 1 aliphatic rings. The molecular weight excluding hydrogens is 220 g/mol. The Kier molecular flexibility index (Phi) is 3.31. The van der Waals surface area contributed by atoms with Gasteiger partial charge in [0.2, 0.25) is 5.91 Å². The van der Waals surface area contributed by atoms with E-state index in [1.807, 2.05) is 6.07 Å². The van der Waals surface area contributed by atoms with Gasteiger partial charge < -0.3 is 20.8 Å². The van der Waals surface area contributed by atoms with Crippen molar-refractivity contribution in [2.24, 2.45) is 0 Å². The third kappa shape index (κ3) is 2.40. The van der Waals surface area contributed by atoms with Crippen molar-refractivity contribution in [1.29, 1.82) is 0 Å². The van der Waals surface area contributed by atoms with Gasteiger partial charge in [-0.3, -0.25) is 4.79 Å². The zero-order valence-corrected chi connectivity index (χ0v) is 9.47. The number of aryl methyl sites for hydroxylation is 1. The molecule has 2 rings (SSSR count). The van der Waals surface area contributed by atoms with Crippen LogP contribution in [0.25, 0.3) is 0 Å². The van der Waals surface area contributed by atoms with Gasteiger partial charge in [0, 0.05) is 17.8 Å². The summed E-state index contributed by atoms with van der Waals surface area (Å²) in [6.45, 7) is -0.236. The molecule has 1 aromatic carbocycles. The SMILES string of the molecule is Nc1ccc2c(c1)CCC(=O)N2CC(O)CO. The largest absolute Gasteiger partial charge is 0.399 e. The van der Waals surface area contributed by atoms with Gasteiger partial charge in [-0.1, -0.05) is 0 Å². The number of rotatable bonds is 3. The molecule has 0 spiro atoms. The van der Waals surface area contributed by atoms with Crippen LogP contribution in [0.3, 0.4) is 0 Å². The zero-order chi connectivity index (χ0) is 12.4. The topological polar surface area (TPSA) is 86.8 Å². The molecule has 1 heterocycles. The quantitative estimate of drug-likeness (QED) is 0.640. The van der Waals surface area contributed by atoms with Crippen molar-refractivity contribution in [2.45, 2.75) is 18.9 Å². The molecule has 1 amide bonds. The third-order valence-corrected chi connectivity index (χ3v) is 2.91. The van der Waals surface area contributed by atoms with Crippen LogP contribution in [0.2, 0.25) is 0 Å². The number of aliphatic hydroxyl groups excluding tert-OH is 2. The maximum Gasteiger partial charge on any atom is 0.227 e. The number of fused-ring (bicyclic) bond motifs is 1. The summed E-state index contributed by atoms with van der Waals surface area (Å²) in [5.41, 5.74) is 8.15. The Hall–Kier alpha value is -1.59. The predicted octanol–water partition coefficient (Wildman–Crippen LogP) is -0.0988. The number of aliphatic hydroxyl groups is 2. The Bertz CT molecular complexity index is 434. The lowest BCUT2D eigenvalue weighted by molar-refractivity contribution is -0.119. The van der Waals surface area contributed by atoms with Crippen LogP contribution in [0.5, 0.6) is 0 Å². The average molecular weight is 236 g/mol. The van der Waals surface area contributed by atoms with Crippen LogP contribution in [0.15, 0.2) is 18.2 Å². The lowest BCUT2D eigenvalue weighted by atomic mass is 10.00. The third-order valence-electron chi connectivity index (χ3n) is 2.91. The first-order valence-electron chi connectivity index (χ1n) is 5.59. The lowest BCUT2D eigenvalue weighted by Gasteiger charge is -2.30. The number of amides is 1. The van der Waals surface area contributed by atoms with Gasteiger partial charge in [-0.15, -0.1) is 0 Å². The van der Waals surface area contributed by atoms with Crippen molar-refractivity contribution in [3.63, 3.8) is 0 Å². The molecule has 5 nitrogen and oxygen atoms in total. The van der Waals surface area contributed by atoms with Crippen LogP contribution in [0.4, 0.5) is 11.4 Å². The monoisotopic (exact) mass is 236 g/mol. The summed E-state index contributed by atoms with van der Waals surface area (Å²) in [4.78, 5) is 13.3. The lowest BCUT2D eigenvalue weighted by Crippen LogP contribution is -2.41. The first-order chi connectivity index (χ1) is 8.11. The Morgan fingerprint density at radius 2 is 2.18 bits per heavy atom. The van der Waals surface area contributed by atoms with E-state index in [0.717, 1.165) is 11.3 Å². The summed E-state index contributed by atoms with van der Waals surface area (Å²) < 4.78 is 0. The van der Waals surface area contributed by atoms with Gasteiger partial charge in [0.15, 0.2) is 0 Å². The minimum absolute atomic E-state index is 0.0326. The second-order valence-corrected chi connectivity index (χ2v) is 4.23. The fraction of sp³-hybridized carbons (Fsp3) is 0.417. The summed E-state index contributed by atoms with van der Waals surface area (Å²) in [5, 5.41) is 18.3. The van der Waals surface area contributed by atoms with Crippen molar-refractivity contribution in [3.05, 3.63) is 23.8 Å². The Morgan fingerprint density at radius 3 is 2.88 bits per heavy atom. The number of hydrogen-bond acceptors (Lipinski definition) is 4. The maximum absolute atomic E-state index is 11.8. The summed E-state index contributed by atoms with van der Waals surface area (Å²) in [6.07, 6.45) is 0.168. The summed E-state index contributed by atoms with van der Waals surface area (Å²) in [5.74, 6) is -0.0326. The highest BCUT2D eigenvalue weighted by molar-refractivity contribution is 5.96. The van der Waals surface area contributed by atoms with Crippen LogP contribution in [0, 0.1) is 0 Å².